The minimum absolute atomic E-state index is 0.0966. The van der Waals surface area contributed by atoms with Gasteiger partial charge in [0.1, 0.15) is 17.7 Å². The zero-order chi connectivity index (χ0) is 30.7. The van der Waals surface area contributed by atoms with Crippen molar-refractivity contribution in [3.63, 3.8) is 0 Å². The van der Waals surface area contributed by atoms with Gasteiger partial charge in [-0.2, -0.15) is 5.10 Å². The third-order valence-electron chi connectivity index (χ3n) is 6.61. The lowest BCUT2D eigenvalue weighted by Crippen LogP contribution is -2.50. The predicted octanol–water partition coefficient (Wildman–Crippen LogP) is 3.86. The number of carbonyl (C=O) groups is 2. The van der Waals surface area contributed by atoms with Crippen molar-refractivity contribution in [2.75, 3.05) is 37.9 Å². The summed E-state index contributed by atoms with van der Waals surface area (Å²) >= 11 is 0. The van der Waals surface area contributed by atoms with Gasteiger partial charge in [0.25, 0.3) is 5.91 Å². The maximum Gasteiger partial charge on any atom is 0.410 e. The maximum absolute atomic E-state index is 12.6. The van der Waals surface area contributed by atoms with Crippen LogP contribution in [0, 0.1) is 0 Å². The number of methoxy groups -OCH3 is 1. The largest absolute Gasteiger partial charge is 0.494 e. The number of ether oxygens (including phenoxy) is 2. The van der Waals surface area contributed by atoms with Gasteiger partial charge in [0, 0.05) is 45.4 Å². The van der Waals surface area contributed by atoms with E-state index in [0.717, 1.165) is 5.56 Å². The summed E-state index contributed by atoms with van der Waals surface area (Å²) in [5.41, 5.74) is 2.25. The number of benzene rings is 1. The SMILES string of the molecule is CNC(=O)c1nnc(Nc2ccc(C3CN(C(=O)OC(C)(C)C)C3)cn2)cc1Nc1cccc(-c2ncn(C)n2)c1OC. The van der Waals surface area contributed by atoms with Crippen molar-refractivity contribution in [3.8, 4) is 17.1 Å². The topological polar surface area (TPSA) is 161 Å². The number of pyridine rings is 1. The summed E-state index contributed by atoms with van der Waals surface area (Å²) in [5, 5.41) is 21.7. The number of hydrogen-bond donors (Lipinski definition) is 3. The number of likely N-dealkylation sites (tertiary alicyclic amines) is 1. The number of nitrogens with one attached hydrogen (secondary N) is 3. The average molecular weight is 587 g/mol. The molecule has 224 valence electrons. The molecule has 0 unspecified atom stereocenters. The van der Waals surface area contributed by atoms with Gasteiger partial charge < -0.3 is 30.3 Å². The Bertz CT molecular complexity index is 1630. The number of hydrogen-bond acceptors (Lipinski definition) is 11. The molecule has 43 heavy (non-hydrogen) atoms. The van der Waals surface area contributed by atoms with E-state index in [4.69, 9.17) is 9.47 Å². The number of aromatic nitrogens is 6. The van der Waals surface area contributed by atoms with Crippen LogP contribution in [-0.2, 0) is 11.8 Å². The molecule has 0 saturated carbocycles. The second-order valence-electron chi connectivity index (χ2n) is 11.0. The normalized spacial score (nSPS) is 13.2. The molecule has 1 aliphatic heterocycles. The molecule has 3 aromatic heterocycles. The lowest BCUT2D eigenvalue weighted by molar-refractivity contribution is 0.00816. The summed E-state index contributed by atoms with van der Waals surface area (Å²) in [6, 6.07) is 11.0. The zero-order valence-corrected chi connectivity index (χ0v) is 24.9. The van der Waals surface area contributed by atoms with Gasteiger partial charge in [-0.1, -0.05) is 12.1 Å². The Balaban J connectivity index is 1.33. The fourth-order valence-corrected chi connectivity index (χ4v) is 4.49. The van der Waals surface area contributed by atoms with Crippen LogP contribution < -0.4 is 20.7 Å². The quantitative estimate of drug-likeness (QED) is 0.275. The van der Waals surface area contributed by atoms with E-state index in [-0.39, 0.29) is 17.7 Å². The van der Waals surface area contributed by atoms with Crippen molar-refractivity contribution in [2.24, 2.45) is 7.05 Å². The van der Waals surface area contributed by atoms with E-state index in [1.54, 1.807) is 42.3 Å². The lowest BCUT2D eigenvalue weighted by Gasteiger charge is -2.39. The van der Waals surface area contributed by atoms with E-state index in [0.29, 0.717) is 53.2 Å². The summed E-state index contributed by atoms with van der Waals surface area (Å²) < 4.78 is 12.7. The molecule has 2 amide bonds. The first-order chi connectivity index (χ1) is 20.5. The first-order valence-corrected chi connectivity index (χ1v) is 13.7. The zero-order valence-electron chi connectivity index (χ0n) is 24.9. The third-order valence-corrected chi connectivity index (χ3v) is 6.61. The number of anilines is 4. The van der Waals surface area contributed by atoms with Gasteiger partial charge in [-0.05, 0) is 44.5 Å². The number of nitrogens with zero attached hydrogens (tertiary/aromatic N) is 7. The summed E-state index contributed by atoms with van der Waals surface area (Å²) in [6.07, 6.45) is 3.07. The summed E-state index contributed by atoms with van der Waals surface area (Å²) in [7, 11) is 4.86. The molecule has 1 aromatic carbocycles. The van der Waals surface area contributed by atoms with Crippen molar-refractivity contribution in [3.05, 3.63) is 60.2 Å². The maximum atomic E-state index is 12.6. The van der Waals surface area contributed by atoms with E-state index in [1.807, 2.05) is 51.1 Å². The second-order valence-corrected chi connectivity index (χ2v) is 11.0. The number of carbonyl (C=O) groups excluding carboxylic acids is 2. The van der Waals surface area contributed by atoms with Crippen LogP contribution in [0.5, 0.6) is 5.75 Å². The first-order valence-electron chi connectivity index (χ1n) is 13.7. The van der Waals surface area contributed by atoms with Crippen molar-refractivity contribution in [1.29, 1.82) is 0 Å². The Hall–Kier alpha value is -5.27. The van der Waals surface area contributed by atoms with Gasteiger partial charge in [0.05, 0.1) is 24.0 Å². The highest BCUT2D eigenvalue weighted by Crippen LogP contribution is 2.37. The average Bonchev–Trinajstić information content (AvgIpc) is 3.38. The monoisotopic (exact) mass is 586 g/mol. The number of aryl methyl sites for hydroxylation is 1. The highest BCUT2D eigenvalue weighted by Gasteiger charge is 2.34. The molecule has 3 N–H and O–H groups in total. The predicted molar refractivity (Wildman–Crippen MR) is 160 cm³/mol. The van der Waals surface area contributed by atoms with Crippen molar-refractivity contribution >= 4 is 35.0 Å². The molecular formula is C29H34N10O4. The fourth-order valence-electron chi connectivity index (χ4n) is 4.49. The molecule has 1 saturated heterocycles. The molecule has 0 radical (unpaired) electrons. The third kappa shape index (κ3) is 6.63. The lowest BCUT2D eigenvalue weighted by atomic mass is 9.93. The van der Waals surface area contributed by atoms with Crippen molar-refractivity contribution in [1.82, 2.24) is 40.2 Å². The van der Waals surface area contributed by atoms with Crippen LogP contribution in [0.25, 0.3) is 11.4 Å². The minimum atomic E-state index is -0.527. The van der Waals surface area contributed by atoms with Crippen LogP contribution in [0.3, 0.4) is 0 Å². The van der Waals surface area contributed by atoms with Crippen LogP contribution >= 0.6 is 0 Å². The second kappa shape index (κ2) is 11.9. The molecule has 0 spiro atoms. The molecule has 1 fully saturated rings. The van der Waals surface area contributed by atoms with Gasteiger partial charge in [-0.3, -0.25) is 9.48 Å². The van der Waals surface area contributed by atoms with Gasteiger partial charge in [-0.25, -0.2) is 14.8 Å². The Morgan fingerprint density at radius 2 is 1.79 bits per heavy atom. The Morgan fingerprint density at radius 3 is 2.42 bits per heavy atom. The molecule has 1 aliphatic rings. The van der Waals surface area contributed by atoms with Gasteiger partial charge in [0.15, 0.2) is 23.1 Å². The molecule has 0 bridgehead atoms. The van der Waals surface area contributed by atoms with Gasteiger partial charge >= 0.3 is 6.09 Å². The highest BCUT2D eigenvalue weighted by molar-refractivity contribution is 5.99. The molecule has 4 heterocycles. The van der Waals surface area contributed by atoms with E-state index < -0.39 is 11.5 Å². The number of para-hydroxylation sites is 1. The summed E-state index contributed by atoms with van der Waals surface area (Å²) in [4.78, 5) is 35.4. The van der Waals surface area contributed by atoms with Crippen LogP contribution in [0.15, 0.2) is 48.9 Å². The first kappa shape index (κ1) is 29.2. The van der Waals surface area contributed by atoms with Crippen molar-refractivity contribution in [2.45, 2.75) is 32.3 Å². The van der Waals surface area contributed by atoms with Crippen LogP contribution in [0.4, 0.5) is 27.8 Å². The molecule has 4 aromatic rings. The van der Waals surface area contributed by atoms with E-state index in [1.165, 1.54) is 7.05 Å². The Kier molecular flexibility index (Phi) is 8.10. The van der Waals surface area contributed by atoms with Crippen LogP contribution in [0.1, 0.15) is 42.7 Å². The van der Waals surface area contributed by atoms with E-state index in [9.17, 15) is 9.59 Å². The molecule has 14 nitrogen and oxygen atoms in total. The standard InChI is InChI=1S/C29H34N10O4/c1-29(2,3)43-28(41)39-14-18(15-39)17-10-11-22(31-13-17)34-23-12-21(24(36-35-23)27(40)30-4)33-20-9-7-8-19(25(20)42-6)26-32-16-38(5)37-26/h7-13,16,18H,14-15H2,1-6H3,(H,30,40)(H2,31,33,34,35). The minimum Gasteiger partial charge on any atom is -0.494 e. The van der Waals surface area contributed by atoms with E-state index in [2.05, 4.69) is 41.2 Å². The van der Waals surface area contributed by atoms with Gasteiger partial charge in [0.2, 0.25) is 0 Å². The molecule has 14 heteroatoms. The van der Waals surface area contributed by atoms with E-state index >= 15 is 0 Å². The molecule has 0 atom stereocenters. The fraction of sp³-hybridized carbons (Fsp3) is 0.345. The van der Waals surface area contributed by atoms with Crippen LogP contribution in [-0.4, -0.2) is 79.7 Å². The van der Waals surface area contributed by atoms with Crippen molar-refractivity contribution < 1.29 is 19.1 Å². The summed E-state index contributed by atoms with van der Waals surface area (Å²) in [6.45, 7) is 6.70. The molecular weight excluding hydrogens is 552 g/mol. The Morgan fingerprint density at radius 1 is 1.00 bits per heavy atom. The highest BCUT2D eigenvalue weighted by atomic mass is 16.6. The van der Waals surface area contributed by atoms with Crippen LogP contribution in [0.2, 0.25) is 0 Å². The number of rotatable bonds is 8. The molecule has 5 rings (SSSR count). The number of amides is 2. The summed E-state index contributed by atoms with van der Waals surface area (Å²) in [5.74, 6) is 1.69. The molecule has 0 aliphatic carbocycles. The smallest absolute Gasteiger partial charge is 0.410 e. The Labute approximate surface area is 248 Å². The van der Waals surface area contributed by atoms with Gasteiger partial charge in [-0.15, -0.1) is 10.2 Å².